The number of aromatic amines is 1. The normalized spacial score (nSPS) is 11.1. The summed E-state index contributed by atoms with van der Waals surface area (Å²) >= 11 is 6.03. The van der Waals surface area contributed by atoms with Gasteiger partial charge in [0.1, 0.15) is 5.82 Å². The highest BCUT2D eigenvalue weighted by molar-refractivity contribution is 6.30. The summed E-state index contributed by atoms with van der Waals surface area (Å²) in [5.41, 5.74) is 4.53. The molecule has 2 aromatic heterocycles. The summed E-state index contributed by atoms with van der Waals surface area (Å²) in [4.78, 5) is 19.6. The van der Waals surface area contributed by atoms with Crippen molar-refractivity contribution in [3.63, 3.8) is 0 Å². The Bertz CT molecular complexity index is 1370. The first-order chi connectivity index (χ1) is 14.2. The number of benzene rings is 3. The SMILES string of the molecule is O=c1cc(-c2ccccc2)c2cc(-n3ccnc3-c3ccc(Cl)cc3)ccc2[nH]1. The molecule has 0 aliphatic rings. The number of aromatic nitrogens is 3. The molecule has 4 nitrogen and oxygen atoms in total. The maximum atomic E-state index is 12.2. The predicted molar refractivity (Wildman–Crippen MR) is 118 cm³/mol. The van der Waals surface area contributed by atoms with E-state index in [9.17, 15) is 4.79 Å². The second-order valence-electron chi connectivity index (χ2n) is 6.77. The lowest BCUT2D eigenvalue weighted by atomic mass is 10.0. The fourth-order valence-corrected chi connectivity index (χ4v) is 3.70. The lowest BCUT2D eigenvalue weighted by Crippen LogP contribution is -2.05. The minimum atomic E-state index is -0.117. The lowest BCUT2D eigenvalue weighted by molar-refractivity contribution is 1.07. The number of rotatable bonds is 3. The first-order valence-corrected chi connectivity index (χ1v) is 9.59. The van der Waals surface area contributed by atoms with Gasteiger partial charge in [-0.05, 0) is 53.6 Å². The van der Waals surface area contributed by atoms with Crippen molar-refractivity contribution in [2.75, 3.05) is 0 Å². The number of imidazole rings is 1. The van der Waals surface area contributed by atoms with E-state index >= 15 is 0 Å². The van der Waals surface area contributed by atoms with Crippen molar-refractivity contribution in [2.45, 2.75) is 0 Å². The molecule has 0 amide bonds. The average Bonchev–Trinajstić information content (AvgIpc) is 3.24. The molecule has 5 heteroatoms. The van der Waals surface area contributed by atoms with Crippen molar-refractivity contribution in [3.8, 4) is 28.2 Å². The van der Waals surface area contributed by atoms with Gasteiger partial charge in [-0.2, -0.15) is 0 Å². The molecule has 140 valence electrons. The van der Waals surface area contributed by atoms with Crippen LogP contribution in [-0.2, 0) is 0 Å². The summed E-state index contributed by atoms with van der Waals surface area (Å²) in [5, 5.41) is 1.66. The summed E-state index contributed by atoms with van der Waals surface area (Å²) in [7, 11) is 0. The van der Waals surface area contributed by atoms with Crippen LogP contribution in [0, 0.1) is 0 Å². The number of H-pyrrole nitrogens is 1. The highest BCUT2D eigenvalue weighted by Gasteiger charge is 2.11. The van der Waals surface area contributed by atoms with Crippen LogP contribution in [-0.4, -0.2) is 14.5 Å². The molecule has 5 rings (SSSR count). The molecule has 0 unspecified atom stereocenters. The Morgan fingerprint density at radius 3 is 2.45 bits per heavy atom. The van der Waals surface area contributed by atoms with E-state index in [0.717, 1.165) is 39.1 Å². The van der Waals surface area contributed by atoms with Gasteiger partial charge in [-0.25, -0.2) is 4.98 Å². The molecule has 0 radical (unpaired) electrons. The van der Waals surface area contributed by atoms with E-state index in [1.165, 1.54) is 0 Å². The van der Waals surface area contributed by atoms with Crippen LogP contribution in [0.1, 0.15) is 0 Å². The third-order valence-corrected chi connectivity index (χ3v) is 5.18. The smallest absolute Gasteiger partial charge is 0.249 e. The van der Waals surface area contributed by atoms with Crippen LogP contribution in [0.3, 0.4) is 0 Å². The maximum Gasteiger partial charge on any atom is 0.249 e. The minimum Gasteiger partial charge on any atom is -0.322 e. The summed E-state index contributed by atoms with van der Waals surface area (Å²) in [5.74, 6) is 0.826. The third kappa shape index (κ3) is 3.24. The van der Waals surface area contributed by atoms with Gasteiger partial charge in [0.05, 0.1) is 0 Å². The lowest BCUT2D eigenvalue weighted by Gasteiger charge is -2.12. The molecule has 0 saturated heterocycles. The van der Waals surface area contributed by atoms with E-state index in [0.29, 0.717) is 5.02 Å². The number of nitrogens with one attached hydrogen (secondary N) is 1. The zero-order chi connectivity index (χ0) is 19.8. The first kappa shape index (κ1) is 17.5. The van der Waals surface area contributed by atoms with Crippen LogP contribution in [0.4, 0.5) is 0 Å². The number of pyridine rings is 1. The van der Waals surface area contributed by atoms with Gasteiger partial charge in [-0.1, -0.05) is 41.9 Å². The van der Waals surface area contributed by atoms with E-state index in [-0.39, 0.29) is 5.56 Å². The van der Waals surface area contributed by atoms with E-state index in [1.807, 2.05) is 77.5 Å². The Morgan fingerprint density at radius 1 is 0.862 bits per heavy atom. The molecular formula is C24H16ClN3O. The Balaban J connectivity index is 1.71. The maximum absolute atomic E-state index is 12.2. The Hall–Kier alpha value is -3.63. The molecule has 5 aromatic rings. The highest BCUT2D eigenvalue weighted by Crippen LogP contribution is 2.29. The van der Waals surface area contributed by atoms with Crippen molar-refractivity contribution in [1.82, 2.24) is 14.5 Å². The van der Waals surface area contributed by atoms with E-state index in [4.69, 9.17) is 11.6 Å². The third-order valence-electron chi connectivity index (χ3n) is 4.93. The Kier molecular flexibility index (Phi) is 4.26. The number of fused-ring (bicyclic) bond motifs is 1. The number of hydrogen-bond donors (Lipinski definition) is 1. The fourth-order valence-electron chi connectivity index (χ4n) is 3.57. The zero-order valence-electron chi connectivity index (χ0n) is 15.3. The summed E-state index contributed by atoms with van der Waals surface area (Å²) in [6.07, 6.45) is 3.71. The molecule has 3 aromatic carbocycles. The van der Waals surface area contributed by atoms with Gasteiger partial charge in [0.15, 0.2) is 0 Å². The van der Waals surface area contributed by atoms with Gasteiger partial charge < -0.3 is 4.98 Å². The van der Waals surface area contributed by atoms with Crippen molar-refractivity contribution in [2.24, 2.45) is 0 Å². The van der Waals surface area contributed by atoms with E-state index < -0.39 is 0 Å². The van der Waals surface area contributed by atoms with Crippen LogP contribution in [0.2, 0.25) is 5.02 Å². The highest BCUT2D eigenvalue weighted by atomic mass is 35.5. The quantitative estimate of drug-likeness (QED) is 0.424. The molecule has 2 heterocycles. The van der Waals surface area contributed by atoms with Crippen molar-refractivity contribution < 1.29 is 0 Å². The van der Waals surface area contributed by atoms with Crippen molar-refractivity contribution >= 4 is 22.5 Å². The molecule has 0 atom stereocenters. The predicted octanol–water partition coefficient (Wildman–Crippen LogP) is 5.70. The number of hydrogen-bond acceptors (Lipinski definition) is 2. The van der Waals surface area contributed by atoms with E-state index in [1.54, 1.807) is 12.3 Å². The first-order valence-electron chi connectivity index (χ1n) is 9.21. The molecule has 0 fully saturated rings. The second kappa shape index (κ2) is 7.08. The molecule has 0 bridgehead atoms. The summed E-state index contributed by atoms with van der Waals surface area (Å²) in [6, 6.07) is 25.2. The molecule has 0 saturated carbocycles. The fraction of sp³-hybridized carbons (Fsp3) is 0. The van der Waals surface area contributed by atoms with Gasteiger partial charge in [0.25, 0.3) is 0 Å². The molecule has 0 aliphatic heterocycles. The molecule has 0 spiro atoms. The van der Waals surface area contributed by atoms with Crippen LogP contribution in [0.5, 0.6) is 0 Å². The average molecular weight is 398 g/mol. The van der Waals surface area contributed by atoms with Gasteiger partial charge in [-0.3, -0.25) is 9.36 Å². The van der Waals surface area contributed by atoms with Gasteiger partial charge in [0, 0.05) is 45.6 Å². The Morgan fingerprint density at radius 2 is 1.66 bits per heavy atom. The van der Waals surface area contributed by atoms with E-state index in [2.05, 4.69) is 16.0 Å². The van der Waals surface area contributed by atoms with Gasteiger partial charge in [-0.15, -0.1) is 0 Å². The number of halogens is 1. The van der Waals surface area contributed by atoms with Crippen LogP contribution < -0.4 is 5.56 Å². The summed E-state index contributed by atoms with van der Waals surface area (Å²) < 4.78 is 2.03. The standard InChI is InChI=1S/C24H16ClN3O/c25-18-8-6-17(7-9-18)24-26-12-13-28(24)19-10-11-22-21(14-19)20(15-23(29)27-22)16-4-2-1-3-5-16/h1-15H,(H,27,29). The van der Waals surface area contributed by atoms with Gasteiger partial charge in [0.2, 0.25) is 5.56 Å². The van der Waals surface area contributed by atoms with Crippen LogP contribution >= 0.6 is 11.6 Å². The minimum absolute atomic E-state index is 0.117. The Labute approximate surface area is 172 Å². The largest absolute Gasteiger partial charge is 0.322 e. The topological polar surface area (TPSA) is 50.7 Å². The molecule has 29 heavy (non-hydrogen) atoms. The zero-order valence-corrected chi connectivity index (χ0v) is 16.1. The molecular weight excluding hydrogens is 382 g/mol. The van der Waals surface area contributed by atoms with Crippen LogP contribution in [0.25, 0.3) is 39.1 Å². The van der Waals surface area contributed by atoms with Crippen LogP contribution in [0.15, 0.2) is 96.1 Å². The van der Waals surface area contributed by atoms with Crippen molar-refractivity contribution in [1.29, 1.82) is 0 Å². The molecule has 1 N–H and O–H groups in total. The van der Waals surface area contributed by atoms with Crippen molar-refractivity contribution in [3.05, 3.63) is 107 Å². The number of nitrogens with zero attached hydrogens (tertiary/aromatic N) is 2. The molecule has 0 aliphatic carbocycles. The summed E-state index contributed by atoms with van der Waals surface area (Å²) in [6.45, 7) is 0. The second-order valence-corrected chi connectivity index (χ2v) is 7.21. The van der Waals surface area contributed by atoms with Gasteiger partial charge >= 0.3 is 0 Å². The monoisotopic (exact) mass is 397 g/mol.